The summed E-state index contributed by atoms with van der Waals surface area (Å²) >= 11 is 0. The first-order valence-corrected chi connectivity index (χ1v) is 8.48. The van der Waals surface area contributed by atoms with Crippen molar-refractivity contribution < 1.29 is 19.4 Å². The summed E-state index contributed by atoms with van der Waals surface area (Å²) in [7, 11) is 3.98. The van der Waals surface area contributed by atoms with Crippen molar-refractivity contribution in [1.29, 1.82) is 5.26 Å². The number of likely N-dealkylation sites (N-methyl/N-ethyl adjacent to an activating group) is 1. The number of ether oxygens (including phenoxy) is 2. The number of benzene rings is 1. The van der Waals surface area contributed by atoms with E-state index < -0.39 is 5.97 Å². The maximum Gasteiger partial charge on any atom is 0.300 e. The average Bonchev–Trinajstić information content (AvgIpc) is 2.60. The first-order valence-electron chi connectivity index (χ1n) is 8.48. The SMILES string of the molecule is C.CC(=O)O.CN(C)CCOc1ccc2c(c1)Oc1nc(N)c(C#N)c(N)c1C2. The number of nitrogen functional groups attached to an aromatic ring is 2. The number of nitrogens with zero attached hydrogens (tertiary/aromatic N) is 3. The molecule has 5 N–H and O–H groups in total. The van der Waals surface area contributed by atoms with Crippen LogP contribution >= 0.6 is 0 Å². The number of aliphatic carboxylic acids is 1. The van der Waals surface area contributed by atoms with E-state index in [0.717, 1.165) is 24.8 Å². The van der Waals surface area contributed by atoms with Gasteiger partial charge in [-0.05, 0) is 25.7 Å². The van der Waals surface area contributed by atoms with Gasteiger partial charge >= 0.3 is 0 Å². The molecule has 9 heteroatoms. The molecule has 2 aromatic rings. The lowest BCUT2D eigenvalue weighted by molar-refractivity contribution is -0.134. The van der Waals surface area contributed by atoms with Gasteiger partial charge in [-0.2, -0.15) is 10.2 Å². The largest absolute Gasteiger partial charge is 0.492 e. The summed E-state index contributed by atoms with van der Waals surface area (Å²) < 4.78 is 11.6. The van der Waals surface area contributed by atoms with E-state index in [-0.39, 0.29) is 18.8 Å². The van der Waals surface area contributed by atoms with Crippen molar-refractivity contribution in [2.75, 3.05) is 38.7 Å². The second kappa shape index (κ2) is 10.1. The molecule has 29 heavy (non-hydrogen) atoms. The molecule has 0 amide bonds. The number of rotatable bonds is 4. The van der Waals surface area contributed by atoms with Crippen molar-refractivity contribution in [3.8, 4) is 23.4 Å². The van der Waals surface area contributed by atoms with Crippen LogP contribution in [0.2, 0.25) is 0 Å². The van der Waals surface area contributed by atoms with Crippen molar-refractivity contribution in [2.45, 2.75) is 20.8 Å². The molecule has 0 saturated heterocycles. The van der Waals surface area contributed by atoms with Gasteiger partial charge in [0.2, 0.25) is 5.88 Å². The topological polar surface area (TPSA) is 148 Å². The molecule has 0 fully saturated rings. The maximum absolute atomic E-state index is 9.14. The number of pyridine rings is 1. The van der Waals surface area contributed by atoms with Gasteiger partial charge < -0.3 is 30.9 Å². The normalized spacial score (nSPS) is 10.9. The van der Waals surface area contributed by atoms with Gasteiger partial charge in [-0.15, -0.1) is 0 Å². The molecule has 0 saturated carbocycles. The fourth-order valence-corrected chi connectivity index (χ4v) is 2.52. The number of fused-ring (bicyclic) bond motifs is 2. The Morgan fingerprint density at radius 1 is 1.41 bits per heavy atom. The molecule has 3 rings (SSSR count). The van der Waals surface area contributed by atoms with Gasteiger partial charge in [0.1, 0.15) is 35.6 Å². The number of carboxylic acid groups (broad SMARTS) is 1. The molecular weight excluding hydrogens is 374 g/mol. The predicted molar refractivity (Wildman–Crippen MR) is 111 cm³/mol. The monoisotopic (exact) mass is 401 g/mol. The average molecular weight is 401 g/mol. The highest BCUT2D eigenvalue weighted by Gasteiger charge is 2.24. The lowest BCUT2D eigenvalue weighted by Gasteiger charge is -2.22. The zero-order valence-corrected chi connectivity index (χ0v) is 16.0. The number of carboxylic acids is 1. The van der Waals surface area contributed by atoms with E-state index in [1.165, 1.54) is 0 Å². The molecule has 1 aliphatic heterocycles. The zero-order chi connectivity index (χ0) is 20.8. The summed E-state index contributed by atoms with van der Waals surface area (Å²) in [6.45, 7) is 2.50. The van der Waals surface area contributed by atoms with Gasteiger partial charge in [-0.3, -0.25) is 4.79 Å². The van der Waals surface area contributed by atoms with E-state index in [4.69, 9.17) is 36.1 Å². The van der Waals surface area contributed by atoms with Crippen LogP contribution in [-0.4, -0.2) is 48.2 Å². The molecule has 9 nitrogen and oxygen atoms in total. The van der Waals surface area contributed by atoms with Gasteiger partial charge in [-0.1, -0.05) is 13.5 Å². The first-order chi connectivity index (χ1) is 13.2. The molecule has 0 aliphatic carbocycles. The molecule has 0 unspecified atom stereocenters. The minimum atomic E-state index is -0.833. The number of anilines is 2. The standard InChI is InChI=1S/C17H19N5O2.C2H4O2.CH4/c1-22(2)5-6-23-11-4-3-10-7-12-15(19)13(9-18)16(20)21-17(12)24-14(10)8-11;1-2(3)4;/h3-4,8H,5-7H2,1-2H3,(H4,19,20,21);1H3,(H,3,4);1H4. The number of carbonyl (C=O) groups is 1. The zero-order valence-electron chi connectivity index (χ0n) is 16.0. The van der Waals surface area contributed by atoms with Crippen molar-refractivity contribution in [2.24, 2.45) is 0 Å². The Morgan fingerprint density at radius 2 is 2.07 bits per heavy atom. The Morgan fingerprint density at radius 3 is 2.66 bits per heavy atom. The highest BCUT2D eigenvalue weighted by Crippen LogP contribution is 2.41. The third kappa shape index (κ3) is 5.99. The van der Waals surface area contributed by atoms with Crippen LogP contribution < -0.4 is 20.9 Å². The van der Waals surface area contributed by atoms with Crippen LogP contribution in [0.3, 0.4) is 0 Å². The van der Waals surface area contributed by atoms with Crippen molar-refractivity contribution in [1.82, 2.24) is 9.88 Å². The summed E-state index contributed by atoms with van der Waals surface area (Å²) in [5.41, 5.74) is 14.0. The Labute approximate surface area is 170 Å². The summed E-state index contributed by atoms with van der Waals surface area (Å²) in [6.07, 6.45) is 0.538. The molecule has 2 heterocycles. The molecular formula is C20H27N5O4. The smallest absolute Gasteiger partial charge is 0.300 e. The first kappa shape index (κ1) is 23.5. The molecule has 1 aromatic heterocycles. The molecule has 0 radical (unpaired) electrons. The van der Waals surface area contributed by atoms with Gasteiger partial charge in [0.15, 0.2) is 0 Å². The molecule has 0 spiro atoms. The third-order valence-electron chi connectivity index (χ3n) is 3.86. The molecule has 0 bridgehead atoms. The van der Waals surface area contributed by atoms with Crippen LogP contribution in [0.5, 0.6) is 17.4 Å². The highest BCUT2D eigenvalue weighted by molar-refractivity contribution is 5.72. The van der Waals surface area contributed by atoms with Crippen molar-refractivity contribution >= 4 is 17.5 Å². The summed E-state index contributed by atoms with van der Waals surface area (Å²) in [5.74, 6) is 0.993. The number of aromatic nitrogens is 1. The predicted octanol–water partition coefficient (Wildman–Crippen LogP) is 2.48. The lowest BCUT2D eigenvalue weighted by Crippen LogP contribution is -2.19. The van der Waals surface area contributed by atoms with E-state index in [0.29, 0.717) is 35.9 Å². The second-order valence-corrected chi connectivity index (χ2v) is 6.40. The summed E-state index contributed by atoms with van der Waals surface area (Å²) in [6, 6.07) is 7.65. The van der Waals surface area contributed by atoms with Gasteiger partial charge in [-0.25, -0.2) is 0 Å². The molecule has 0 atom stereocenters. The fraction of sp³-hybridized carbons (Fsp3) is 0.350. The molecule has 1 aromatic carbocycles. The van der Waals surface area contributed by atoms with Crippen LogP contribution in [0.25, 0.3) is 0 Å². The summed E-state index contributed by atoms with van der Waals surface area (Å²) in [4.78, 5) is 15.2. The Hall–Kier alpha value is -3.51. The van der Waals surface area contributed by atoms with Gasteiger partial charge in [0.05, 0.1) is 5.69 Å². The van der Waals surface area contributed by atoms with Crippen LogP contribution in [-0.2, 0) is 11.2 Å². The molecule has 1 aliphatic rings. The van der Waals surface area contributed by atoms with Crippen LogP contribution in [0.4, 0.5) is 11.5 Å². The van der Waals surface area contributed by atoms with E-state index in [9.17, 15) is 0 Å². The minimum absolute atomic E-state index is 0. The van der Waals surface area contributed by atoms with Crippen LogP contribution in [0.1, 0.15) is 31.0 Å². The maximum atomic E-state index is 9.14. The van der Waals surface area contributed by atoms with Crippen LogP contribution in [0.15, 0.2) is 18.2 Å². The summed E-state index contributed by atoms with van der Waals surface area (Å²) in [5, 5.41) is 16.6. The number of nitrogens with two attached hydrogens (primary N) is 2. The van der Waals surface area contributed by atoms with Crippen molar-refractivity contribution in [3.63, 3.8) is 0 Å². The third-order valence-corrected chi connectivity index (χ3v) is 3.86. The minimum Gasteiger partial charge on any atom is -0.492 e. The van der Waals surface area contributed by atoms with Crippen molar-refractivity contribution in [3.05, 3.63) is 34.9 Å². The molecule has 156 valence electrons. The lowest BCUT2D eigenvalue weighted by atomic mass is 9.99. The number of hydrogen-bond acceptors (Lipinski definition) is 8. The van der Waals surface area contributed by atoms with Gasteiger partial charge in [0, 0.05) is 31.5 Å². The van der Waals surface area contributed by atoms with E-state index in [2.05, 4.69) is 4.98 Å². The number of hydrogen-bond donors (Lipinski definition) is 3. The Balaban J connectivity index is 0.000000771. The van der Waals surface area contributed by atoms with Crippen LogP contribution in [0, 0.1) is 11.3 Å². The number of nitriles is 1. The quantitative estimate of drug-likeness (QED) is 0.599. The van der Waals surface area contributed by atoms with Gasteiger partial charge in [0.25, 0.3) is 5.97 Å². The van der Waals surface area contributed by atoms with E-state index in [1.807, 2.05) is 43.3 Å². The highest BCUT2D eigenvalue weighted by atomic mass is 16.5. The fourth-order valence-electron chi connectivity index (χ4n) is 2.52. The van der Waals surface area contributed by atoms with E-state index in [1.54, 1.807) is 0 Å². The second-order valence-electron chi connectivity index (χ2n) is 6.40. The Kier molecular flexibility index (Phi) is 8.23. The Bertz CT molecular complexity index is 918. The van der Waals surface area contributed by atoms with E-state index >= 15 is 0 Å².